The van der Waals surface area contributed by atoms with Crippen LogP contribution in [0.25, 0.3) is 0 Å². The lowest BCUT2D eigenvalue weighted by molar-refractivity contribution is -0.135. The predicted octanol–water partition coefficient (Wildman–Crippen LogP) is 1.42. The minimum absolute atomic E-state index is 0.00195. The number of sulfonamides is 1. The molecule has 1 heterocycles. The molecule has 0 radical (unpaired) electrons. The summed E-state index contributed by atoms with van der Waals surface area (Å²) >= 11 is 12.1. The van der Waals surface area contributed by atoms with Gasteiger partial charge in [0.2, 0.25) is 10.0 Å². The maximum absolute atomic E-state index is 11.5. The van der Waals surface area contributed by atoms with Crippen molar-refractivity contribution in [2.75, 3.05) is 6.54 Å². The molecule has 0 aliphatic rings. The van der Waals surface area contributed by atoms with Gasteiger partial charge >= 0.3 is 5.97 Å². The number of nitrogens with one attached hydrogen (secondary N) is 1. The molecule has 0 bridgehead atoms. The first kappa shape index (κ1) is 12.7. The lowest BCUT2D eigenvalue weighted by Crippen LogP contribution is -2.29. The van der Waals surface area contributed by atoms with Crippen LogP contribution in [0.1, 0.15) is 0 Å². The van der Waals surface area contributed by atoms with Crippen LogP contribution in [-0.4, -0.2) is 26.0 Å². The summed E-state index contributed by atoms with van der Waals surface area (Å²) in [5.41, 5.74) is 0. The third kappa shape index (κ3) is 3.32. The molecular formula is C6H5Cl2NO4S2. The molecule has 0 aromatic carbocycles. The van der Waals surface area contributed by atoms with Crippen molar-refractivity contribution in [3.63, 3.8) is 0 Å². The molecule has 0 atom stereocenters. The summed E-state index contributed by atoms with van der Waals surface area (Å²) in [6, 6.07) is 1.17. The summed E-state index contributed by atoms with van der Waals surface area (Å²) < 4.78 is 25.0. The molecule has 0 unspecified atom stereocenters. The standard InChI is InChI=1S/C6H5Cl2NO4S2/c7-4-1-3(6(8)14-4)15(12,13)9-2-5(10)11/h1,9H,2H2,(H,10,11). The van der Waals surface area contributed by atoms with E-state index in [-0.39, 0.29) is 13.6 Å². The van der Waals surface area contributed by atoms with Crippen molar-refractivity contribution in [3.8, 4) is 0 Å². The highest BCUT2D eigenvalue weighted by Crippen LogP contribution is 2.33. The Balaban J connectivity index is 2.96. The first-order chi connectivity index (χ1) is 6.83. The van der Waals surface area contributed by atoms with Gasteiger partial charge in [-0.05, 0) is 6.07 Å². The number of carboxylic acid groups (broad SMARTS) is 1. The van der Waals surface area contributed by atoms with Crippen molar-refractivity contribution in [1.29, 1.82) is 0 Å². The molecule has 0 fully saturated rings. The molecular weight excluding hydrogens is 285 g/mol. The van der Waals surface area contributed by atoms with Crippen LogP contribution in [0.4, 0.5) is 0 Å². The zero-order valence-electron chi connectivity index (χ0n) is 7.03. The topological polar surface area (TPSA) is 83.5 Å². The van der Waals surface area contributed by atoms with Crippen molar-refractivity contribution in [1.82, 2.24) is 4.72 Å². The fraction of sp³-hybridized carbons (Fsp3) is 0.167. The maximum atomic E-state index is 11.5. The Bertz CT molecular complexity index is 481. The van der Waals surface area contributed by atoms with E-state index in [0.717, 1.165) is 11.3 Å². The van der Waals surface area contributed by atoms with Crippen LogP contribution >= 0.6 is 34.5 Å². The molecule has 15 heavy (non-hydrogen) atoms. The van der Waals surface area contributed by atoms with Gasteiger partial charge in [-0.25, -0.2) is 8.42 Å². The van der Waals surface area contributed by atoms with Crippen LogP contribution in [0.3, 0.4) is 0 Å². The minimum atomic E-state index is -3.90. The molecule has 9 heteroatoms. The summed E-state index contributed by atoms with van der Waals surface area (Å²) in [6.45, 7) is -0.702. The van der Waals surface area contributed by atoms with E-state index >= 15 is 0 Å². The molecule has 2 N–H and O–H groups in total. The number of thiophene rings is 1. The zero-order chi connectivity index (χ0) is 11.6. The number of aliphatic carboxylic acids is 1. The number of rotatable bonds is 4. The Morgan fingerprint density at radius 1 is 1.53 bits per heavy atom. The van der Waals surface area contributed by atoms with Crippen LogP contribution in [-0.2, 0) is 14.8 Å². The van der Waals surface area contributed by atoms with Gasteiger partial charge in [0.25, 0.3) is 0 Å². The molecule has 1 aromatic heterocycles. The van der Waals surface area contributed by atoms with Crippen molar-refractivity contribution in [3.05, 3.63) is 14.7 Å². The molecule has 1 aromatic rings. The molecule has 0 spiro atoms. The van der Waals surface area contributed by atoms with Gasteiger partial charge in [0.05, 0.1) is 4.34 Å². The minimum Gasteiger partial charge on any atom is -0.480 e. The normalized spacial score (nSPS) is 11.6. The summed E-state index contributed by atoms with van der Waals surface area (Å²) in [5, 5.41) is 8.31. The largest absolute Gasteiger partial charge is 0.480 e. The molecule has 1 rings (SSSR count). The number of carboxylic acids is 1. The average molecular weight is 290 g/mol. The van der Waals surface area contributed by atoms with E-state index in [1.54, 1.807) is 0 Å². The summed E-state index contributed by atoms with van der Waals surface area (Å²) in [6.07, 6.45) is 0. The zero-order valence-corrected chi connectivity index (χ0v) is 10.2. The van der Waals surface area contributed by atoms with E-state index < -0.39 is 22.5 Å². The van der Waals surface area contributed by atoms with E-state index in [1.807, 2.05) is 4.72 Å². The molecule has 0 saturated carbocycles. The van der Waals surface area contributed by atoms with Gasteiger partial charge in [-0.2, -0.15) is 4.72 Å². The first-order valence-corrected chi connectivity index (χ1v) is 6.55. The fourth-order valence-corrected chi connectivity index (χ4v) is 3.86. The Morgan fingerprint density at radius 3 is 2.53 bits per heavy atom. The van der Waals surface area contributed by atoms with Crippen molar-refractivity contribution in [2.24, 2.45) is 0 Å². The molecule has 0 aliphatic heterocycles. The third-order valence-electron chi connectivity index (χ3n) is 1.33. The van der Waals surface area contributed by atoms with Gasteiger partial charge in [0.15, 0.2) is 0 Å². The van der Waals surface area contributed by atoms with Gasteiger partial charge < -0.3 is 5.11 Å². The SMILES string of the molecule is O=C(O)CNS(=O)(=O)c1cc(Cl)sc1Cl. The smallest absolute Gasteiger partial charge is 0.318 e. The van der Waals surface area contributed by atoms with Gasteiger partial charge in [-0.1, -0.05) is 23.2 Å². The Morgan fingerprint density at radius 2 is 2.13 bits per heavy atom. The molecule has 84 valence electrons. The summed E-state index contributed by atoms with van der Waals surface area (Å²) in [5.74, 6) is -1.28. The lowest BCUT2D eigenvalue weighted by Gasteiger charge is -2.01. The Hall–Kier alpha value is -0.340. The Labute approximate surface area is 99.7 Å². The second-order valence-electron chi connectivity index (χ2n) is 2.41. The highest BCUT2D eigenvalue weighted by Gasteiger charge is 2.21. The van der Waals surface area contributed by atoms with Gasteiger partial charge in [-0.3, -0.25) is 4.79 Å². The van der Waals surface area contributed by atoms with Crippen molar-refractivity contribution in [2.45, 2.75) is 4.90 Å². The second kappa shape index (κ2) is 4.67. The van der Waals surface area contributed by atoms with E-state index in [0.29, 0.717) is 0 Å². The maximum Gasteiger partial charge on any atom is 0.318 e. The number of carbonyl (C=O) groups is 1. The van der Waals surface area contributed by atoms with E-state index in [2.05, 4.69) is 0 Å². The van der Waals surface area contributed by atoms with Crippen LogP contribution in [0.5, 0.6) is 0 Å². The third-order valence-corrected chi connectivity index (χ3v) is 4.48. The monoisotopic (exact) mass is 289 g/mol. The van der Waals surface area contributed by atoms with Crippen LogP contribution < -0.4 is 4.72 Å². The number of hydrogen-bond acceptors (Lipinski definition) is 4. The number of hydrogen-bond donors (Lipinski definition) is 2. The predicted molar refractivity (Wildman–Crippen MR) is 57.2 cm³/mol. The van der Waals surface area contributed by atoms with Crippen LogP contribution in [0, 0.1) is 0 Å². The van der Waals surface area contributed by atoms with Gasteiger partial charge in [0, 0.05) is 0 Å². The highest BCUT2D eigenvalue weighted by atomic mass is 35.5. The van der Waals surface area contributed by atoms with Gasteiger partial charge in [-0.15, -0.1) is 11.3 Å². The highest BCUT2D eigenvalue weighted by molar-refractivity contribution is 7.89. The van der Waals surface area contributed by atoms with E-state index in [4.69, 9.17) is 28.3 Å². The lowest BCUT2D eigenvalue weighted by atomic mass is 10.7. The van der Waals surface area contributed by atoms with Crippen LogP contribution in [0.2, 0.25) is 8.67 Å². The summed E-state index contributed by atoms with van der Waals surface area (Å²) in [4.78, 5) is 9.98. The van der Waals surface area contributed by atoms with Crippen molar-refractivity contribution < 1.29 is 18.3 Å². The second-order valence-corrected chi connectivity index (χ2v) is 6.43. The van der Waals surface area contributed by atoms with E-state index in [9.17, 15) is 13.2 Å². The molecule has 0 aliphatic carbocycles. The summed E-state index contributed by atoms with van der Waals surface area (Å²) in [7, 11) is -3.90. The quantitative estimate of drug-likeness (QED) is 0.878. The van der Waals surface area contributed by atoms with E-state index in [1.165, 1.54) is 6.07 Å². The number of halogens is 2. The fourth-order valence-electron chi connectivity index (χ4n) is 0.743. The molecule has 0 saturated heterocycles. The molecule has 5 nitrogen and oxygen atoms in total. The first-order valence-electron chi connectivity index (χ1n) is 3.49. The average Bonchev–Trinajstić information content (AvgIpc) is 2.43. The molecule has 0 amide bonds. The Kier molecular flexibility index (Phi) is 3.96. The van der Waals surface area contributed by atoms with Gasteiger partial charge in [0.1, 0.15) is 15.8 Å². The van der Waals surface area contributed by atoms with Crippen LogP contribution in [0.15, 0.2) is 11.0 Å². The van der Waals surface area contributed by atoms with Crippen molar-refractivity contribution >= 4 is 50.5 Å².